The van der Waals surface area contributed by atoms with Gasteiger partial charge >= 0.3 is 6.36 Å². The first kappa shape index (κ1) is 22.2. The van der Waals surface area contributed by atoms with Crippen molar-refractivity contribution in [3.05, 3.63) is 82.0 Å². The fraction of sp³-hybridized carbons (Fsp3) is 0.100. The van der Waals surface area contributed by atoms with E-state index in [-0.39, 0.29) is 27.8 Å². The van der Waals surface area contributed by atoms with Crippen molar-refractivity contribution < 1.29 is 36.6 Å². The number of hydrogen-bond acceptors (Lipinski definition) is 4. The average molecular weight is 457 g/mol. The molecule has 1 amide bonds. The van der Waals surface area contributed by atoms with Crippen LogP contribution in [0.3, 0.4) is 0 Å². The molecule has 0 radical (unpaired) electrons. The Morgan fingerprint density at radius 3 is 2.42 bits per heavy atom. The monoisotopic (exact) mass is 456 g/mol. The molecule has 1 heterocycles. The summed E-state index contributed by atoms with van der Waals surface area (Å²) in [6, 6.07) is 8.28. The number of pyridine rings is 1. The van der Waals surface area contributed by atoms with Crippen molar-refractivity contribution in [1.82, 2.24) is 0 Å². The Morgan fingerprint density at radius 2 is 1.81 bits per heavy atom. The van der Waals surface area contributed by atoms with Crippen molar-refractivity contribution in [2.45, 2.75) is 13.3 Å². The number of carbonyl (C=O) groups is 1. The van der Waals surface area contributed by atoms with E-state index in [0.717, 1.165) is 30.5 Å². The molecule has 0 spiro atoms. The van der Waals surface area contributed by atoms with Crippen LogP contribution in [0.25, 0.3) is 0 Å². The molecule has 11 heteroatoms. The van der Waals surface area contributed by atoms with Gasteiger partial charge in [0.05, 0.1) is 5.02 Å². The molecule has 0 aliphatic heterocycles. The maximum Gasteiger partial charge on any atom is 0.573 e. The van der Waals surface area contributed by atoms with Gasteiger partial charge in [0.25, 0.3) is 5.91 Å². The molecule has 162 valence electrons. The molecule has 0 bridgehead atoms. The smallest absolute Gasteiger partial charge is 0.573 e. The van der Waals surface area contributed by atoms with Crippen molar-refractivity contribution in [3.63, 3.8) is 0 Å². The first-order valence-corrected chi connectivity index (χ1v) is 8.94. The molecule has 3 aromatic rings. The number of alkyl halides is 3. The van der Waals surface area contributed by atoms with Gasteiger partial charge in [-0.05, 0) is 37.3 Å². The minimum atomic E-state index is -4.86. The van der Waals surface area contributed by atoms with Gasteiger partial charge < -0.3 is 20.0 Å². The molecule has 0 saturated heterocycles. The number of carbonyl (C=O) groups excluding carboxylic acids is 1. The zero-order chi connectivity index (χ0) is 22.8. The summed E-state index contributed by atoms with van der Waals surface area (Å²) in [5, 5.41) is 13.7. The summed E-state index contributed by atoms with van der Waals surface area (Å²) in [6.07, 6.45) is -2.59. The number of nitrogens with one attached hydrogen (secondary N) is 1. The van der Waals surface area contributed by atoms with Crippen LogP contribution in [-0.2, 0) is 0 Å². The summed E-state index contributed by atoms with van der Waals surface area (Å²) in [5.74, 6) is -2.64. The summed E-state index contributed by atoms with van der Waals surface area (Å²) >= 11 is 6.00. The van der Waals surface area contributed by atoms with Crippen LogP contribution in [0.1, 0.15) is 15.9 Å². The number of hydrogen-bond donors (Lipinski definition) is 1. The maximum atomic E-state index is 14.9. The minimum Gasteiger partial charge on any atom is -0.619 e. The lowest BCUT2D eigenvalue weighted by atomic mass is 10.1. The molecule has 0 aliphatic carbocycles. The van der Waals surface area contributed by atoms with Gasteiger partial charge in [-0.1, -0.05) is 11.6 Å². The van der Waals surface area contributed by atoms with Crippen LogP contribution in [0.5, 0.6) is 17.2 Å². The highest BCUT2D eigenvalue weighted by Gasteiger charge is 2.31. The van der Waals surface area contributed by atoms with E-state index < -0.39 is 29.4 Å². The Labute approximate surface area is 178 Å². The van der Waals surface area contributed by atoms with Crippen molar-refractivity contribution >= 4 is 23.2 Å². The summed E-state index contributed by atoms with van der Waals surface area (Å²) in [5.41, 5.74) is -0.409. The third-order valence-corrected chi connectivity index (χ3v) is 4.35. The van der Waals surface area contributed by atoms with E-state index >= 15 is 0 Å². The van der Waals surface area contributed by atoms with E-state index in [9.17, 15) is 27.6 Å². The molecule has 0 aliphatic rings. The molecular weight excluding hydrogens is 444 g/mol. The quantitative estimate of drug-likeness (QED) is 0.318. The van der Waals surface area contributed by atoms with Crippen molar-refractivity contribution in [3.8, 4) is 17.2 Å². The lowest BCUT2D eigenvalue weighted by Crippen LogP contribution is -2.26. The van der Waals surface area contributed by atoms with Gasteiger partial charge in [0.1, 0.15) is 34.3 Å². The normalized spacial score (nSPS) is 11.2. The highest BCUT2D eigenvalue weighted by molar-refractivity contribution is 6.31. The van der Waals surface area contributed by atoms with Gasteiger partial charge in [-0.3, -0.25) is 4.79 Å². The number of amides is 1. The van der Waals surface area contributed by atoms with E-state index in [1.807, 2.05) is 0 Å². The number of rotatable bonds is 5. The Balaban J connectivity index is 1.92. The fourth-order valence-electron chi connectivity index (χ4n) is 2.55. The van der Waals surface area contributed by atoms with Gasteiger partial charge in [-0.15, -0.1) is 13.2 Å². The van der Waals surface area contributed by atoms with Crippen LogP contribution in [0.2, 0.25) is 5.02 Å². The molecule has 0 unspecified atom stereocenters. The zero-order valence-electron chi connectivity index (χ0n) is 15.7. The summed E-state index contributed by atoms with van der Waals surface area (Å²) in [7, 11) is 0. The Morgan fingerprint density at radius 1 is 1.16 bits per heavy atom. The van der Waals surface area contributed by atoms with Crippen LogP contribution in [0, 0.1) is 17.9 Å². The van der Waals surface area contributed by atoms with Crippen LogP contribution >= 0.6 is 11.6 Å². The molecule has 0 saturated carbocycles. The van der Waals surface area contributed by atoms with E-state index in [1.165, 1.54) is 31.3 Å². The predicted octanol–water partition coefficient (Wildman–Crippen LogP) is 5.36. The average Bonchev–Trinajstić information content (AvgIpc) is 2.66. The van der Waals surface area contributed by atoms with Crippen molar-refractivity contribution in [2.75, 3.05) is 5.32 Å². The molecule has 0 fully saturated rings. The number of ether oxygens (including phenoxy) is 2. The van der Waals surface area contributed by atoms with Crippen molar-refractivity contribution in [2.24, 2.45) is 0 Å². The highest BCUT2D eigenvalue weighted by atomic mass is 35.5. The molecule has 31 heavy (non-hydrogen) atoms. The summed E-state index contributed by atoms with van der Waals surface area (Å²) < 4.78 is 61.4. The third-order valence-electron chi connectivity index (χ3n) is 3.96. The Bertz CT molecular complexity index is 1120. The topological polar surface area (TPSA) is 74.5 Å². The maximum absolute atomic E-state index is 14.9. The summed E-state index contributed by atoms with van der Waals surface area (Å²) in [4.78, 5) is 12.7. The van der Waals surface area contributed by atoms with Crippen LogP contribution in [0.4, 0.5) is 23.2 Å². The number of anilines is 1. The first-order chi connectivity index (χ1) is 14.5. The Kier molecular flexibility index (Phi) is 6.21. The number of halogens is 5. The molecular formula is C20H13ClF4N2O4. The van der Waals surface area contributed by atoms with Crippen molar-refractivity contribution in [1.29, 1.82) is 0 Å². The standard InChI is InChI=1S/C20H13ClF4N2O4/c1-11-15(21)9-16(30-13-4-6-14(7-5-13)31-20(23,24)25)17(18(11)22)19(28)26-12-3-2-8-27(29)10-12/h2-10H,1H3,(H,26,28). The highest BCUT2D eigenvalue weighted by Crippen LogP contribution is 2.35. The molecule has 2 aromatic carbocycles. The molecule has 0 atom stereocenters. The second kappa shape index (κ2) is 8.68. The van der Waals surface area contributed by atoms with E-state index in [1.54, 1.807) is 0 Å². The first-order valence-electron chi connectivity index (χ1n) is 8.56. The van der Waals surface area contributed by atoms with Gasteiger partial charge in [0, 0.05) is 17.7 Å². The van der Waals surface area contributed by atoms with Crippen LogP contribution in [0.15, 0.2) is 54.9 Å². The van der Waals surface area contributed by atoms with E-state index in [2.05, 4.69) is 10.1 Å². The van der Waals surface area contributed by atoms with Crippen LogP contribution < -0.4 is 19.5 Å². The largest absolute Gasteiger partial charge is 0.619 e. The van der Waals surface area contributed by atoms with E-state index in [4.69, 9.17) is 16.3 Å². The van der Waals surface area contributed by atoms with Gasteiger partial charge in [0.15, 0.2) is 6.20 Å². The van der Waals surface area contributed by atoms with E-state index in [0.29, 0.717) is 4.73 Å². The molecule has 6 nitrogen and oxygen atoms in total. The molecule has 1 N–H and O–H groups in total. The van der Waals surface area contributed by atoms with Crippen LogP contribution in [-0.4, -0.2) is 12.3 Å². The number of aromatic nitrogens is 1. The predicted molar refractivity (Wildman–Crippen MR) is 103 cm³/mol. The molecule has 3 rings (SSSR count). The lowest BCUT2D eigenvalue weighted by Gasteiger charge is -2.15. The van der Waals surface area contributed by atoms with Gasteiger partial charge in [-0.2, -0.15) is 4.73 Å². The Hall–Kier alpha value is -3.53. The second-order valence-corrected chi connectivity index (χ2v) is 6.61. The number of benzene rings is 2. The lowest BCUT2D eigenvalue weighted by molar-refractivity contribution is -0.604. The second-order valence-electron chi connectivity index (χ2n) is 6.20. The molecule has 1 aromatic heterocycles. The minimum absolute atomic E-state index is 0.00000493. The SMILES string of the molecule is Cc1c(Cl)cc(Oc2ccc(OC(F)(F)F)cc2)c(C(=O)Nc2ccc[n+]([O-])c2)c1F. The van der Waals surface area contributed by atoms with Gasteiger partial charge in [0.2, 0.25) is 6.20 Å². The fourth-order valence-corrected chi connectivity index (χ4v) is 2.73. The third kappa shape index (κ3) is 5.54. The zero-order valence-corrected chi connectivity index (χ0v) is 16.4. The van der Waals surface area contributed by atoms with Gasteiger partial charge in [-0.25, -0.2) is 4.39 Å². The summed E-state index contributed by atoms with van der Waals surface area (Å²) in [6.45, 7) is 1.36. The number of nitrogens with zero attached hydrogens (tertiary/aromatic N) is 1.